The predicted molar refractivity (Wildman–Crippen MR) is 97.5 cm³/mol. The molecule has 23 heavy (non-hydrogen) atoms. The maximum Gasteiger partial charge on any atom is 0.248 e. The highest BCUT2D eigenvalue weighted by molar-refractivity contribution is 6.03. The van der Waals surface area contributed by atoms with E-state index in [-0.39, 0.29) is 5.91 Å². The molecule has 0 aliphatic rings. The highest BCUT2D eigenvalue weighted by Gasteiger charge is 2.02. The molecule has 114 valence electrons. The van der Waals surface area contributed by atoms with Gasteiger partial charge in [-0.1, -0.05) is 60.2 Å². The standard InChI is InChI=1S/C21H19NO/c1-15-10-12-20(16(2)14-15)22-21(23)13-11-18-8-5-7-17-6-3-4-9-19(17)18/h3-14H,1-2H3,(H,22,23). The average molecular weight is 301 g/mol. The van der Waals surface area contributed by atoms with Crippen molar-refractivity contribution < 1.29 is 4.79 Å². The fraction of sp³-hybridized carbons (Fsp3) is 0.0952. The first-order chi connectivity index (χ1) is 11.1. The van der Waals surface area contributed by atoms with Crippen molar-refractivity contribution in [3.8, 4) is 0 Å². The van der Waals surface area contributed by atoms with Crippen molar-refractivity contribution in [2.24, 2.45) is 0 Å². The summed E-state index contributed by atoms with van der Waals surface area (Å²) >= 11 is 0. The molecular weight excluding hydrogens is 282 g/mol. The average Bonchev–Trinajstić information content (AvgIpc) is 2.55. The van der Waals surface area contributed by atoms with Crippen LogP contribution in [0.15, 0.2) is 66.7 Å². The van der Waals surface area contributed by atoms with E-state index in [1.165, 1.54) is 10.9 Å². The molecule has 3 aromatic carbocycles. The summed E-state index contributed by atoms with van der Waals surface area (Å²) in [4.78, 5) is 12.2. The number of carbonyl (C=O) groups excluding carboxylic acids is 1. The first-order valence-electron chi connectivity index (χ1n) is 7.67. The Morgan fingerprint density at radius 2 is 1.74 bits per heavy atom. The summed E-state index contributed by atoms with van der Waals surface area (Å²) in [7, 11) is 0. The molecule has 0 radical (unpaired) electrons. The van der Waals surface area contributed by atoms with Gasteiger partial charge in [0, 0.05) is 11.8 Å². The van der Waals surface area contributed by atoms with Gasteiger partial charge in [-0.3, -0.25) is 4.79 Å². The van der Waals surface area contributed by atoms with E-state index in [1.807, 2.05) is 56.3 Å². The van der Waals surface area contributed by atoms with Crippen molar-refractivity contribution in [2.45, 2.75) is 13.8 Å². The molecule has 0 bridgehead atoms. The second-order valence-electron chi connectivity index (χ2n) is 5.71. The molecule has 3 aromatic rings. The maximum atomic E-state index is 12.2. The van der Waals surface area contributed by atoms with Crippen LogP contribution in [0.4, 0.5) is 5.69 Å². The van der Waals surface area contributed by atoms with Crippen molar-refractivity contribution in [1.29, 1.82) is 0 Å². The lowest BCUT2D eigenvalue weighted by atomic mass is 10.0. The van der Waals surface area contributed by atoms with Crippen molar-refractivity contribution in [3.63, 3.8) is 0 Å². The van der Waals surface area contributed by atoms with Crippen molar-refractivity contribution in [1.82, 2.24) is 0 Å². The summed E-state index contributed by atoms with van der Waals surface area (Å²) in [6, 6.07) is 20.3. The molecule has 2 nitrogen and oxygen atoms in total. The van der Waals surface area contributed by atoms with Crippen LogP contribution in [0, 0.1) is 13.8 Å². The Morgan fingerprint density at radius 3 is 2.57 bits per heavy atom. The SMILES string of the molecule is Cc1ccc(NC(=O)C=Cc2cccc3ccccc23)c(C)c1. The summed E-state index contributed by atoms with van der Waals surface area (Å²) in [6.07, 6.45) is 3.45. The van der Waals surface area contributed by atoms with E-state index in [0.717, 1.165) is 22.2 Å². The monoisotopic (exact) mass is 301 g/mol. The summed E-state index contributed by atoms with van der Waals surface area (Å²) in [5.74, 6) is -0.120. The second-order valence-corrected chi connectivity index (χ2v) is 5.71. The molecule has 2 heteroatoms. The van der Waals surface area contributed by atoms with Gasteiger partial charge in [0.2, 0.25) is 5.91 Å². The molecular formula is C21H19NO. The van der Waals surface area contributed by atoms with Crippen LogP contribution < -0.4 is 5.32 Å². The van der Waals surface area contributed by atoms with E-state index in [2.05, 4.69) is 29.6 Å². The number of amides is 1. The number of nitrogens with one attached hydrogen (secondary N) is 1. The van der Waals surface area contributed by atoms with Crippen LogP contribution >= 0.6 is 0 Å². The Morgan fingerprint density at radius 1 is 0.957 bits per heavy atom. The molecule has 0 spiro atoms. The third-order valence-corrected chi connectivity index (χ3v) is 3.88. The summed E-state index contributed by atoms with van der Waals surface area (Å²) in [6.45, 7) is 4.04. The molecule has 1 N–H and O–H groups in total. The molecule has 1 amide bonds. The van der Waals surface area contributed by atoms with Gasteiger partial charge >= 0.3 is 0 Å². The summed E-state index contributed by atoms with van der Waals surface area (Å²) < 4.78 is 0. The number of aryl methyl sites for hydroxylation is 2. The quantitative estimate of drug-likeness (QED) is 0.669. The van der Waals surface area contributed by atoms with E-state index < -0.39 is 0 Å². The molecule has 0 aliphatic carbocycles. The minimum Gasteiger partial charge on any atom is -0.322 e. The highest BCUT2D eigenvalue weighted by Crippen LogP contribution is 2.20. The van der Waals surface area contributed by atoms with Crippen LogP contribution in [0.1, 0.15) is 16.7 Å². The third kappa shape index (κ3) is 3.49. The Kier molecular flexibility index (Phi) is 4.24. The first-order valence-corrected chi connectivity index (χ1v) is 7.67. The lowest BCUT2D eigenvalue weighted by molar-refractivity contribution is -0.111. The highest BCUT2D eigenvalue weighted by atomic mass is 16.1. The number of carbonyl (C=O) groups is 1. The molecule has 0 saturated heterocycles. The number of rotatable bonds is 3. The zero-order valence-electron chi connectivity index (χ0n) is 13.3. The molecule has 0 unspecified atom stereocenters. The predicted octanol–water partition coefficient (Wildman–Crippen LogP) is 5.11. The fourth-order valence-electron chi connectivity index (χ4n) is 2.69. The van der Waals surface area contributed by atoms with Gasteiger partial charge in [-0.25, -0.2) is 0 Å². The smallest absolute Gasteiger partial charge is 0.248 e. The fourth-order valence-corrected chi connectivity index (χ4v) is 2.69. The summed E-state index contributed by atoms with van der Waals surface area (Å²) in [5, 5.41) is 5.24. The van der Waals surface area contributed by atoms with Crippen LogP contribution in [-0.4, -0.2) is 5.91 Å². The maximum absolute atomic E-state index is 12.2. The van der Waals surface area contributed by atoms with Gasteiger partial charge in [0.25, 0.3) is 0 Å². The first kappa shape index (κ1) is 15.0. The van der Waals surface area contributed by atoms with E-state index >= 15 is 0 Å². The third-order valence-electron chi connectivity index (χ3n) is 3.88. The topological polar surface area (TPSA) is 29.1 Å². The molecule has 0 heterocycles. The summed E-state index contributed by atoms with van der Waals surface area (Å²) in [5.41, 5.74) is 4.14. The van der Waals surface area contributed by atoms with Crippen LogP contribution in [0.2, 0.25) is 0 Å². The lowest BCUT2D eigenvalue weighted by Crippen LogP contribution is -2.08. The Bertz CT molecular complexity index is 888. The molecule has 0 saturated carbocycles. The molecule has 3 rings (SSSR count). The second kappa shape index (κ2) is 6.49. The Balaban J connectivity index is 1.80. The van der Waals surface area contributed by atoms with Crippen LogP contribution in [0.5, 0.6) is 0 Å². The largest absolute Gasteiger partial charge is 0.322 e. The Labute approximate surface area is 136 Å². The number of hydrogen-bond acceptors (Lipinski definition) is 1. The van der Waals surface area contributed by atoms with Crippen LogP contribution in [-0.2, 0) is 4.79 Å². The van der Waals surface area contributed by atoms with Gasteiger partial charge in [0.05, 0.1) is 0 Å². The minimum absolute atomic E-state index is 0.120. The molecule has 0 aromatic heterocycles. The van der Waals surface area contributed by atoms with E-state index in [9.17, 15) is 4.79 Å². The van der Waals surface area contributed by atoms with Crippen LogP contribution in [0.3, 0.4) is 0 Å². The molecule has 0 fully saturated rings. The normalized spacial score (nSPS) is 11.0. The number of benzene rings is 3. The van der Waals surface area contributed by atoms with E-state index in [0.29, 0.717) is 0 Å². The zero-order chi connectivity index (χ0) is 16.2. The lowest BCUT2D eigenvalue weighted by Gasteiger charge is -2.07. The number of anilines is 1. The van der Waals surface area contributed by atoms with Crippen molar-refractivity contribution in [3.05, 3.63) is 83.4 Å². The van der Waals surface area contributed by atoms with E-state index in [1.54, 1.807) is 6.08 Å². The molecule has 0 aliphatic heterocycles. The van der Waals surface area contributed by atoms with Gasteiger partial charge < -0.3 is 5.32 Å². The minimum atomic E-state index is -0.120. The van der Waals surface area contributed by atoms with Gasteiger partial charge in [0.15, 0.2) is 0 Å². The van der Waals surface area contributed by atoms with E-state index in [4.69, 9.17) is 0 Å². The van der Waals surface area contributed by atoms with Gasteiger partial charge in [-0.15, -0.1) is 0 Å². The number of fused-ring (bicyclic) bond motifs is 1. The van der Waals surface area contributed by atoms with Gasteiger partial charge in [-0.2, -0.15) is 0 Å². The van der Waals surface area contributed by atoms with Crippen molar-refractivity contribution in [2.75, 3.05) is 5.32 Å². The number of hydrogen-bond donors (Lipinski definition) is 1. The van der Waals surface area contributed by atoms with Gasteiger partial charge in [-0.05, 0) is 47.9 Å². The Hall–Kier alpha value is -2.87. The van der Waals surface area contributed by atoms with Crippen molar-refractivity contribution >= 4 is 28.4 Å². The van der Waals surface area contributed by atoms with Gasteiger partial charge in [0.1, 0.15) is 0 Å². The molecule has 0 atom stereocenters. The zero-order valence-corrected chi connectivity index (χ0v) is 13.3. The van der Waals surface area contributed by atoms with Crippen LogP contribution in [0.25, 0.3) is 16.8 Å².